The molecule has 0 aromatic carbocycles. The quantitative estimate of drug-likeness (QED) is 0.671. The van der Waals surface area contributed by atoms with Gasteiger partial charge in [0.25, 0.3) is 0 Å². The average Bonchev–Trinajstić information content (AvgIpc) is 2.58. The molecule has 1 aromatic heterocycles. The summed E-state index contributed by atoms with van der Waals surface area (Å²) in [5, 5.41) is 13.3. The number of aromatic nitrogens is 2. The Balaban J connectivity index is 2.26. The molecule has 64 valence electrons. The highest BCUT2D eigenvalue weighted by atomic mass is 16.3. The van der Waals surface area contributed by atoms with Gasteiger partial charge in [0, 0.05) is 18.8 Å². The van der Waals surface area contributed by atoms with Gasteiger partial charge in [-0.15, -0.1) is 0 Å². The van der Waals surface area contributed by atoms with Crippen LogP contribution in [-0.4, -0.2) is 21.0 Å². The summed E-state index contributed by atoms with van der Waals surface area (Å²) in [7, 11) is 1.90. The van der Waals surface area contributed by atoms with E-state index < -0.39 is 0 Å². The van der Waals surface area contributed by atoms with Crippen molar-refractivity contribution in [3.05, 3.63) is 24.0 Å². The molecule has 3 heteroatoms. The molecule has 1 N–H and O–H groups in total. The molecule has 1 unspecified atom stereocenters. The lowest BCUT2D eigenvalue weighted by Crippen LogP contribution is -1.93. The minimum absolute atomic E-state index is 0.250. The monoisotopic (exact) mass is 164 g/mol. The van der Waals surface area contributed by atoms with E-state index >= 15 is 0 Å². The number of nitrogens with zero attached hydrogens (tertiary/aromatic N) is 2. The van der Waals surface area contributed by atoms with Crippen LogP contribution in [0.25, 0.3) is 5.57 Å². The van der Waals surface area contributed by atoms with E-state index in [0.717, 1.165) is 18.4 Å². The Morgan fingerprint density at radius 3 is 3.00 bits per heavy atom. The number of aryl methyl sites for hydroxylation is 1. The van der Waals surface area contributed by atoms with Crippen LogP contribution in [0.1, 0.15) is 18.4 Å². The standard InChI is InChI=1S/C9H12N2O/c1-11-6-8(5-10-11)7-2-3-9(12)4-7/h4-6,9,12H,2-3H2,1H3. The van der Waals surface area contributed by atoms with Crippen molar-refractivity contribution in [2.45, 2.75) is 18.9 Å². The number of hydrogen-bond donors (Lipinski definition) is 1. The molecule has 0 fully saturated rings. The largest absolute Gasteiger partial charge is 0.389 e. The van der Waals surface area contributed by atoms with Crippen molar-refractivity contribution < 1.29 is 5.11 Å². The van der Waals surface area contributed by atoms with E-state index in [-0.39, 0.29) is 6.10 Å². The molecule has 1 aliphatic carbocycles. The van der Waals surface area contributed by atoms with Gasteiger partial charge in [0.2, 0.25) is 0 Å². The zero-order valence-electron chi connectivity index (χ0n) is 7.07. The zero-order chi connectivity index (χ0) is 8.55. The van der Waals surface area contributed by atoms with Crippen LogP contribution in [0, 0.1) is 0 Å². The lowest BCUT2D eigenvalue weighted by molar-refractivity contribution is 0.223. The zero-order valence-corrected chi connectivity index (χ0v) is 7.07. The second kappa shape index (κ2) is 2.75. The molecule has 12 heavy (non-hydrogen) atoms. The summed E-state index contributed by atoms with van der Waals surface area (Å²) >= 11 is 0. The molecule has 0 bridgehead atoms. The molecular weight excluding hydrogens is 152 g/mol. The topological polar surface area (TPSA) is 38.0 Å². The lowest BCUT2D eigenvalue weighted by Gasteiger charge is -1.92. The Morgan fingerprint density at radius 1 is 1.67 bits per heavy atom. The summed E-state index contributed by atoms with van der Waals surface area (Å²) in [6.07, 6.45) is 7.29. The molecule has 0 radical (unpaired) electrons. The molecular formula is C9H12N2O. The third kappa shape index (κ3) is 1.28. The van der Waals surface area contributed by atoms with Crippen molar-refractivity contribution in [2.24, 2.45) is 7.05 Å². The van der Waals surface area contributed by atoms with Crippen molar-refractivity contribution >= 4 is 5.57 Å². The fraction of sp³-hybridized carbons (Fsp3) is 0.444. The van der Waals surface area contributed by atoms with Crippen molar-refractivity contribution in [3.8, 4) is 0 Å². The van der Waals surface area contributed by atoms with E-state index in [4.69, 9.17) is 0 Å². The van der Waals surface area contributed by atoms with Gasteiger partial charge in [0.1, 0.15) is 0 Å². The van der Waals surface area contributed by atoms with Gasteiger partial charge >= 0.3 is 0 Å². The van der Waals surface area contributed by atoms with E-state index in [0.29, 0.717) is 0 Å². The molecule has 0 saturated heterocycles. The molecule has 1 atom stereocenters. The first-order chi connectivity index (χ1) is 5.75. The van der Waals surface area contributed by atoms with E-state index in [1.54, 1.807) is 4.68 Å². The minimum Gasteiger partial charge on any atom is -0.389 e. The third-order valence-corrected chi connectivity index (χ3v) is 2.18. The molecule has 2 rings (SSSR count). The van der Waals surface area contributed by atoms with E-state index in [1.165, 1.54) is 5.57 Å². The van der Waals surface area contributed by atoms with Crippen LogP contribution >= 0.6 is 0 Å². The summed E-state index contributed by atoms with van der Waals surface area (Å²) in [6, 6.07) is 0. The second-order valence-corrected chi connectivity index (χ2v) is 3.20. The summed E-state index contributed by atoms with van der Waals surface area (Å²) in [4.78, 5) is 0. The smallest absolute Gasteiger partial charge is 0.0730 e. The van der Waals surface area contributed by atoms with Gasteiger partial charge in [-0.3, -0.25) is 4.68 Å². The van der Waals surface area contributed by atoms with Crippen LogP contribution < -0.4 is 0 Å². The van der Waals surface area contributed by atoms with Gasteiger partial charge in [0.15, 0.2) is 0 Å². The first-order valence-corrected chi connectivity index (χ1v) is 4.13. The molecule has 3 nitrogen and oxygen atoms in total. The number of aliphatic hydroxyl groups excluding tert-OH is 1. The third-order valence-electron chi connectivity index (χ3n) is 2.18. The van der Waals surface area contributed by atoms with E-state index in [9.17, 15) is 5.11 Å². The number of hydrogen-bond acceptors (Lipinski definition) is 2. The molecule has 0 aliphatic heterocycles. The molecule has 1 aliphatic rings. The summed E-state index contributed by atoms with van der Waals surface area (Å²) < 4.78 is 1.78. The Kier molecular flexibility index (Phi) is 1.73. The maximum Gasteiger partial charge on any atom is 0.0730 e. The number of aliphatic hydroxyl groups is 1. The molecule has 1 heterocycles. The van der Waals surface area contributed by atoms with Gasteiger partial charge < -0.3 is 5.11 Å². The van der Waals surface area contributed by atoms with Gasteiger partial charge in [-0.1, -0.05) is 6.08 Å². The summed E-state index contributed by atoms with van der Waals surface area (Å²) in [5.74, 6) is 0. The highest BCUT2D eigenvalue weighted by Crippen LogP contribution is 2.27. The summed E-state index contributed by atoms with van der Waals surface area (Å²) in [5.41, 5.74) is 2.35. The number of rotatable bonds is 1. The van der Waals surface area contributed by atoms with E-state index in [1.807, 2.05) is 25.5 Å². The molecule has 0 spiro atoms. The Bertz CT molecular complexity index is 314. The molecule has 0 saturated carbocycles. The van der Waals surface area contributed by atoms with Gasteiger partial charge in [-0.2, -0.15) is 5.10 Å². The van der Waals surface area contributed by atoms with Crippen LogP contribution in [0.4, 0.5) is 0 Å². The van der Waals surface area contributed by atoms with Gasteiger partial charge in [0.05, 0.1) is 12.3 Å². The van der Waals surface area contributed by atoms with Crippen LogP contribution in [-0.2, 0) is 7.05 Å². The van der Waals surface area contributed by atoms with Crippen LogP contribution in [0.2, 0.25) is 0 Å². The average molecular weight is 164 g/mol. The first-order valence-electron chi connectivity index (χ1n) is 4.13. The first kappa shape index (κ1) is 7.55. The molecule has 0 amide bonds. The predicted octanol–water partition coefficient (Wildman–Crippen LogP) is 0.958. The summed E-state index contributed by atoms with van der Waals surface area (Å²) in [6.45, 7) is 0. The van der Waals surface area contributed by atoms with Crippen molar-refractivity contribution in [3.63, 3.8) is 0 Å². The van der Waals surface area contributed by atoms with Crippen molar-refractivity contribution in [1.82, 2.24) is 9.78 Å². The SMILES string of the molecule is Cn1cc(C2=CC(O)CC2)cn1. The van der Waals surface area contributed by atoms with Crippen molar-refractivity contribution in [1.29, 1.82) is 0 Å². The highest BCUT2D eigenvalue weighted by Gasteiger charge is 2.14. The van der Waals surface area contributed by atoms with Gasteiger partial charge in [-0.25, -0.2) is 0 Å². The Hall–Kier alpha value is -1.09. The van der Waals surface area contributed by atoms with Crippen LogP contribution in [0.5, 0.6) is 0 Å². The second-order valence-electron chi connectivity index (χ2n) is 3.20. The minimum atomic E-state index is -0.250. The van der Waals surface area contributed by atoms with Gasteiger partial charge in [-0.05, 0) is 18.4 Å². The molecule has 1 aromatic rings. The normalized spacial score (nSPS) is 22.8. The maximum absolute atomic E-state index is 9.26. The fourth-order valence-corrected chi connectivity index (χ4v) is 1.53. The predicted molar refractivity (Wildman–Crippen MR) is 46.4 cm³/mol. The fourth-order valence-electron chi connectivity index (χ4n) is 1.53. The highest BCUT2D eigenvalue weighted by molar-refractivity contribution is 5.66. The Morgan fingerprint density at radius 2 is 2.50 bits per heavy atom. The lowest BCUT2D eigenvalue weighted by atomic mass is 10.1. The van der Waals surface area contributed by atoms with E-state index in [2.05, 4.69) is 5.10 Å². The number of allylic oxidation sites excluding steroid dienone is 1. The van der Waals surface area contributed by atoms with Crippen molar-refractivity contribution in [2.75, 3.05) is 0 Å². The maximum atomic E-state index is 9.26. The van der Waals surface area contributed by atoms with Crippen LogP contribution in [0.3, 0.4) is 0 Å². The van der Waals surface area contributed by atoms with Crippen LogP contribution in [0.15, 0.2) is 18.5 Å². The Labute approximate surface area is 71.3 Å².